The van der Waals surface area contributed by atoms with Gasteiger partial charge in [0.1, 0.15) is 0 Å². The van der Waals surface area contributed by atoms with Crippen molar-refractivity contribution in [2.75, 3.05) is 19.8 Å². The Morgan fingerprint density at radius 3 is 2.56 bits per heavy atom. The Labute approximate surface area is 147 Å². The standard InChI is InChI=1S/C19H23N3O3/c1-12-13(2)21-16-11-14(6-7-15(16)20-12)18(23)22-8-4-3-5-17(22)19-24-9-10-25-19/h6-7,11,17,19H,3-5,8-10H2,1-2H3. The molecule has 2 aromatic rings. The summed E-state index contributed by atoms with van der Waals surface area (Å²) >= 11 is 0. The van der Waals surface area contributed by atoms with Gasteiger partial charge in [0, 0.05) is 12.1 Å². The lowest BCUT2D eigenvalue weighted by Gasteiger charge is -2.38. The zero-order valence-corrected chi connectivity index (χ0v) is 14.7. The molecule has 2 aliphatic rings. The molecule has 0 spiro atoms. The van der Waals surface area contributed by atoms with Crippen LogP contribution in [0.2, 0.25) is 0 Å². The third-order valence-corrected chi connectivity index (χ3v) is 5.09. The van der Waals surface area contributed by atoms with Crippen LogP contribution in [0, 0.1) is 13.8 Å². The van der Waals surface area contributed by atoms with Crippen molar-refractivity contribution in [3.05, 3.63) is 35.2 Å². The summed E-state index contributed by atoms with van der Waals surface area (Å²) in [6.45, 7) is 5.83. The minimum absolute atomic E-state index is 0.00900. The van der Waals surface area contributed by atoms with Crippen molar-refractivity contribution in [3.63, 3.8) is 0 Å². The second-order valence-electron chi connectivity index (χ2n) is 6.77. The fourth-order valence-corrected chi connectivity index (χ4v) is 3.62. The number of hydrogen-bond acceptors (Lipinski definition) is 5. The van der Waals surface area contributed by atoms with Crippen molar-refractivity contribution in [3.8, 4) is 0 Å². The number of aryl methyl sites for hydroxylation is 2. The summed E-state index contributed by atoms with van der Waals surface area (Å²) in [6.07, 6.45) is 2.73. The van der Waals surface area contributed by atoms with E-state index in [1.165, 1.54) is 0 Å². The van der Waals surface area contributed by atoms with Crippen LogP contribution in [0.1, 0.15) is 41.0 Å². The maximum Gasteiger partial charge on any atom is 0.254 e. The second kappa shape index (κ2) is 6.69. The predicted octanol–water partition coefficient (Wildman–Crippen LogP) is 2.61. The SMILES string of the molecule is Cc1nc2ccc(C(=O)N3CCCCC3C3OCCO3)cc2nc1C. The molecule has 25 heavy (non-hydrogen) atoms. The van der Waals surface area contributed by atoms with Crippen LogP contribution in [0.4, 0.5) is 0 Å². The highest BCUT2D eigenvalue weighted by Crippen LogP contribution is 2.26. The number of amides is 1. The van der Waals surface area contributed by atoms with E-state index in [-0.39, 0.29) is 18.2 Å². The Kier molecular flexibility index (Phi) is 4.39. The lowest BCUT2D eigenvalue weighted by molar-refractivity contribution is -0.100. The molecule has 2 fully saturated rings. The molecule has 1 aromatic carbocycles. The van der Waals surface area contributed by atoms with Gasteiger partial charge in [0.15, 0.2) is 6.29 Å². The number of rotatable bonds is 2. The zero-order valence-electron chi connectivity index (χ0n) is 14.7. The highest BCUT2D eigenvalue weighted by atomic mass is 16.7. The summed E-state index contributed by atoms with van der Waals surface area (Å²) in [5, 5.41) is 0. The molecular formula is C19H23N3O3. The molecule has 1 aromatic heterocycles. The van der Waals surface area contributed by atoms with Gasteiger partial charge in [0.2, 0.25) is 0 Å². The van der Waals surface area contributed by atoms with Gasteiger partial charge in [0.05, 0.1) is 41.7 Å². The van der Waals surface area contributed by atoms with Gasteiger partial charge in [-0.2, -0.15) is 0 Å². The van der Waals surface area contributed by atoms with Crippen LogP contribution in [0.3, 0.4) is 0 Å². The molecule has 2 saturated heterocycles. The van der Waals surface area contributed by atoms with Gasteiger partial charge >= 0.3 is 0 Å². The van der Waals surface area contributed by atoms with Gasteiger partial charge < -0.3 is 14.4 Å². The number of nitrogens with zero attached hydrogens (tertiary/aromatic N) is 3. The summed E-state index contributed by atoms with van der Waals surface area (Å²) in [7, 11) is 0. The highest BCUT2D eigenvalue weighted by molar-refractivity contribution is 5.97. The predicted molar refractivity (Wildman–Crippen MR) is 93.4 cm³/mol. The Morgan fingerprint density at radius 2 is 1.80 bits per heavy atom. The number of likely N-dealkylation sites (tertiary alicyclic amines) is 1. The summed E-state index contributed by atoms with van der Waals surface area (Å²) in [6, 6.07) is 5.56. The topological polar surface area (TPSA) is 64.6 Å². The molecule has 132 valence electrons. The number of carbonyl (C=O) groups excluding carboxylic acids is 1. The van der Waals surface area contributed by atoms with E-state index in [9.17, 15) is 4.79 Å². The Balaban J connectivity index is 1.64. The number of piperidine rings is 1. The molecule has 0 aliphatic carbocycles. The first kappa shape index (κ1) is 16.4. The van der Waals surface area contributed by atoms with Crippen molar-refractivity contribution >= 4 is 16.9 Å². The quantitative estimate of drug-likeness (QED) is 0.840. The van der Waals surface area contributed by atoms with E-state index in [1.54, 1.807) is 0 Å². The van der Waals surface area contributed by atoms with E-state index in [0.717, 1.165) is 48.2 Å². The third kappa shape index (κ3) is 3.12. The molecule has 1 atom stereocenters. The molecule has 6 heteroatoms. The number of ether oxygens (including phenoxy) is 2. The molecule has 1 amide bonds. The van der Waals surface area contributed by atoms with Gasteiger partial charge in [-0.3, -0.25) is 4.79 Å². The summed E-state index contributed by atoms with van der Waals surface area (Å²) in [4.78, 5) is 24.2. The Hall–Kier alpha value is -2.05. The molecular weight excluding hydrogens is 318 g/mol. The average Bonchev–Trinajstić information content (AvgIpc) is 3.16. The fourth-order valence-electron chi connectivity index (χ4n) is 3.62. The molecule has 2 aliphatic heterocycles. The number of carbonyl (C=O) groups is 1. The second-order valence-corrected chi connectivity index (χ2v) is 6.77. The van der Waals surface area contributed by atoms with Gasteiger partial charge in [-0.25, -0.2) is 9.97 Å². The van der Waals surface area contributed by atoms with Crippen LogP contribution >= 0.6 is 0 Å². The number of benzene rings is 1. The maximum atomic E-state index is 13.1. The van der Waals surface area contributed by atoms with Crippen molar-refractivity contribution in [1.82, 2.24) is 14.9 Å². The smallest absolute Gasteiger partial charge is 0.254 e. The van der Waals surface area contributed by atoms with Crippen LogP contribution in [-0.4, -0.2) is 52.9 Å². The first-order chi connectivity index (χ1) is 12.1. The van der Waals surface area contributed by atoms with Crippen LogP contribution in [0.5, 0.6) is 0 Å². The van der Waals surface area contributed by atoms with E-state index in [2.05, 4.69) is 9.97 Å². The minimum Gasteiger partial charge on any atom is -0.348 e. The summed E-state index contributed by atoms with van der Waals surface area (Å²) < 4.78 is 11.3. The van der Waals surface area contributed by atoms with Crippen molar-refractivity contribution in [2.45, 2.75) is 45.4 Å². The normalized spacial score (nSPS) is 21.8. The van der Waals surface area contributed by atoms with Crippen molar-refractivity contribution < 1.29 is 14.3 Å². The highest BCUT2D eigenvalue weighted by Gasteiger charge is 2.36. The van der Waals surface area contributed by atoms with E-state index in [1.807, 2.05) is 36.9 Å². The largest absolute Gasteiger partial charge is 0.348 e. The van der Waals surface area contributed by atoms with Gasteiger partial charge in [-0.15, -0.1) is 0 Å². The van der Waals surface area contributed by atoms with Gasteiger partial charge in [0.25, 0.3) is 5.91 Å². The van der Waals surface area contributed by atoms with Crippen LogP contribution in [0.25, 0.3) is 11.0 Å². The van der Waals surface area contributed by atoms with E-state index in [0.29, 0.717) is 18.8 Å². The molecule has 4 rings (SSSR count). The monoisotopic (exact) mass is 341 g/mol. The molecule has 0 N–H and O–H groups in total. The first-order valence-electron chi connectivity index (χ1n) is 8.92. The third-order valence-electron chi connectivity index (χ3n) is 5.09. The van der Waals surface area contributed by atoms with Gasteiger partial charge in [-0.05, 0) is 51.3 Å². The lowest BCUT2D eigenvalue weighted by Crippen LogP contribution is -2.50. The molecule has 3 heterocycles. The van der Waals surface area contributed by atoms with E-state index >= 15 is 0 Å². The average molecular weight is 341 g/mol. The number of fused-ring (bicyclic) bond motifs is 1. The summed E-state index contributed by atoms with van der Waals surface area (Å²) in [5.74, 6) is 0.0192. The molecule has 0 saturated carbocycles. The Bertz CT molecular complexity index is 802. The van der Waals surface area contributed by atoms with Gasteiger partial charge in [-0.1, -0.05) is 0 Å². The van der Waals surface area contributed by atoms with E-state index < -0.39 is 0 Å². The maximum absolute atomic E-state index is 13.1. The van der Waals surface area contributed by atoms with Crippen LogP contribution < -0.4 is 0 Å². The molecule has 0 radical (unpaired) electrons. The van der Waals surface area contributed by atoms with E-state index in [4.69, 9.17) is 9.47 Å². The van der Waals surface area contributed by atoms with Crippen LogP contribution in [-0.2, 0) is 9.47 Å². The van der Waals surface area contributed by atoms with Crippen molar-refractivity contribution in [1.29, 1.82) is 0 Å². The first-order valence-corrected chi connectivity index (χ1v) is 8.92. The number of aromatic nitrogens is 2. The van der Waals surface area contributed by atoms with Crippen molar-refractivity contribution in [2.24, 2.45) is 0 Å². The fraction of sp³-hybridized carbons (Fsp3) is 0.526. The lowest BCUT2D eigenvalue weighted by atomic mass is 10.00. The zero-order chi connectivity index (χ0) is 17.4. The van der Waals surface area contributed by atoms with Crippen LogP contribution in [0.15, 0.2) is 18.2 Å². The summed E-state index contributed by atoms with van der Waals surface area (Å²) in [5.41, 5.74) is 4.03. The molecule has 0 bridgehead atoms. The number of hydrogen-bond donors (Lipinski definition) is 0. The minimum atomic E-state index is -0.297. The Morgan fingerprint density at radius 1 is 1.08 bits per heavy atom. The molecule has 6 nitrogen and oxygen atoms in total. The molecule has 1 unspecified atom stereocenters.